The Kier molecular flexibility index (Phi) is 5.45. The summed E-state index contributed by atoms with van der Waals surface area (Å²) in [7, 11) is 1.58. The summed E-state index contributed by atoms with van der Waals surface area (Å²) in [5.74, 6) is 0.474. The van der Waals surface area contributed by atoms with Crippen LogP contribution >= 0.6 is 0 Å². The van der Waals surface area contributed by atoms with Crippen molar-refractivity contribution in [2.45, 2.75) is 26.4 Å². The number of methoxy groups -OCH3 is 1. The first kappa shape index (κ1) is 14.3. The van der Waals surface area contributed by atoms with E-state index in [1.807, 2.05) is 25.1 Å². The van der Waals surface area contributed by atoms with E-state index in [2.05, 4.69) is 5.32 Å². The number of aliphatic carboxylic acids is 1. The largest absolute Gasteiger partial charge is 0.493 e. The van der Waals surface area contributed by atoms with E-state index in [-0.39, 0.29) is 0 Å². The summed E-state index contributed by atoms with van der Waals surface area (Å²) < 4.78 is 10.6. The summed E-state index contributed by atoms with van der Waals surface area (Å²) in [4.78, 5) is 10.7. The lowest BCUT2D eigenvalue weighted by Crippen LogP contribution is -2.33. The molecule has 0 aromatic heterocycles. The molecule has 0 radical (unpaired) electrons. The zero-order valence-electron chi connectivity index (χ0n) is 10.9. The van der Waals surface area contributed by atoms with Gasteiger partial charge in [-0.05, 0) is 31.5 Å². The van der Waals surface area contributed by atoms with Crippen molar-refractivity contribution in [3.05, 3.63) is 23.8 Å². The first-order valence-electron chi connectivity index (χ1n) is 5.84. The molecule has 5 heteroatoms. The molecule has 0 amide bonds. The van der Waals surface area contributed by atoms with Crippen molar-refractivity contribution < 1.29 is 19.4 Å². The monoisotopic (exact) mass is 253 g/mol. The summed E-state index contributed by atoms with van der Waals surface area (Å²) in [6, 6.07) is 4.97. The minimum atomic E-state index is -0.868. The van der Waals surface area contributed by atoms with E-state index < -0.39 is 12.0 Å². The molecule has 0 bridgehead atoms. The fourth-order valence-electron chi connectivity index (χ4n) is 1.45. The van der Waals surface area contributed by atoms with E-state index in [9.17, 15) is 4.79 Å². The summed E-state index contributed by atoms with van der Waals surface area (Å²) in [5.41, 5.74) is 0.948. The minimum Gasteiger partial charge on any atom is -0.493 e. The maximum absolute atomic E-state index is 10.7. The van der Waals surface area contributed by atoms with Gasteiger partial charge in [-0.15, -0.1) is 0 Å². The number of nitrogens with one attached hydrogen (secondary N) is 1. The summed E-state index contributed by atoms with van der Waals surface area (Å²) in [6.07, 6.45) is 0. The third-order valence-corrected chi connectivity index (χ3v) is 2.51. The zero-order valence-corrected chi connectivity index (χ0v) is 10.9. The number of ether oxygens (including phenoxy) is 2. The Balaban J connectivity index is 2.70. The Morgan fingerprint density at radius 3 is 2.72 bits per heavy atom. The maximum Gasteiger partial charge on any atom is 0.320 e. The third kappa shape index (κ3) is 3.92. The molecule has 1 rings (SSSR count). The molecule has 1 aromatic carbocycles. The molecule has 18 heavy (non-hydrogen) atoms. The molecule has 0 aliphatic carbocycles. The van der Waals surface area contributed by atoms with Crippen LogP contribution in [0.5, 0.6) is 11.5 Å². The van der Waals surface area contributed by atoms with Crippen LogP contribution in [0.25, 0.3) is 0 Å². The second kappa shape index (κ2) is 6.86. The molecule has 0 fully saturated rings. The van der Waals surface area contributed by atoms with Gasteiger partial charge in [-0.1, -0.05) is 6.07 Å². The molecule has 0 heterocycles. The predicted molar refractivity (Wildman–Crippen MR) is 68.1 cm³/mol. The summed E-state index contributed by atoms with van der Waals surface area (Å²) in [6.45, 7) is 4.55. The van der Waals surface area contributed by atoms with Gasteiger partial charge in [-0.3, -0.25) is 4.79 Å². The van der Waals surface area contributed by atoms with Gasteiger partial charge in [-0.25, -0.2) is 0 Å². The molecule has 2 N–H and O–H groups in total. The zero-order chi connectivity index (χ0) is 13.5. The average Bonchev–Trinajstić information content (AvgIpc) is 2.37. The molecule has 0 saturated heterocycles. The Bertz CT molecular complexity index is 406. The lowest BCUT2D eigenvalue weighted by molar-refractivity contribution is -0.139. The fourth-order valence-corrected chi connectivity index (χ4v) is 1.45. The number of benzene rings is 1. The highest BCUT2D eigenvalue weighted by Crippen LogP contribution is 2.27. The molecule has 0 aliphatic rings. The van der Waals surface area contributed by atoms with Crippen LogP contribution in [0.4, 0.5) is 0 Å². The van der Waals surface area contributed by atoms with Crippen LogP contribution in [0.1, 0.15) is 19.4 Å². The van der Waals surface area contributed by atoms with Crippen LogP contribution in [0.2, 0.25) is 0 Å². The van der Waals surface area contributed by atoms with E-state index in [4.69, 9.17) is 14.6 Å². The first-order valence-corrected chi connectivity index (χ1v) is 5.84. The molecule has 1 atom stereocenters. The Labute approximate surface area is 107 Å². The van der Waals surface area contributed by atoms with E-state index >= 15 is 0 Å². The lowest BCUT2D eigenvalue weighted by Gasteiger charge is -2.12. The van der Waals surface area contributed by atoms with Crippen LogP contribution in [0.3, 0.4) is 0 Å². The SMILES string of the molecule is CCOc1ccc(CN[C@H](C)C(=O)O)cc1OC. The van der Waals surface area contributed by atoms with Crippen LogP contribution in [-0.4, -0.2) is 30.8 Å². The maximum atomic E-state index is 10.7. The summed E-state index contributed by atoms with van der Waals surface area (Å²) in [5, 5.41) is 11.7. The average molecular weight is 253 g/mol. The molecule has 5 nitrogen and oxygen atoms in total. The van der Waals surface area contributed by atoms with Gasteiger partial charge in [-0.2, -0.15) is 0 Å². The van der Waals surface area contributed by atoms with Gasteiger partial charge < -0.3 is 19.9 Å². The number of hydrogen-bond donors (Lipinski definition) is 2. The molecular weight excluding hydrogens is 234 g/mol. The van der Waals surface area contributed by atoms with Crippen LogP contribution < -0.4 is 14.8 Å². The molecule has 0 unspecified atom stereocenters. The number of carboxylic acids is 1. The van der Waals surface area contributed by atoms with Gasteiger partial charge in [0.25, 0.3) is 0 Å². The van der Waals surface area contributed by atoms with Gasteiger partial charge in [0.05, 0.1) is 13.7 Å². The van der Waals surface area contributed by atoms with Crippen molar-refractivity contribution in [1.29, 1.82) is 0 Å². The van der Waals surface area contributed by atoms with Gasteiger partial charge in [0.2, 0.25) is 0 Å². The van der Waals surface area contributed by atoms with E-state index in [1.54, 1.807) is 14.0 Å². The smallest absolute Gasteiger partial charge is 0.320 e. The van der Waals surface area contributed by atoms with Crippen molar-refractivity contribution in [2.24, 2.45) is 0 Å². The number of hydrogen-bond acceptors (Lipinski definition) is 4. The molecule has 0 saturated carbocycles. The number of carboxylic acid groups (broad SMARTS) is 1. The highest BCUT2D eigenvalue weighted by Gasteiger charge is 2.10. The normalized spacial score (nSPS) is 11.9. The minimum absolute atomic E-state index is 0.468. The van der Waals surface area contributed by atoms with Gasteiger partial charge in [0, 0.05) is 6.54 Å². The number of rotatable bonds is 7. The Hall–Kier alpha value is -1.75. The van der Waals surface area contributed by atoms with Crippen LogP contribution in [0.15, 0.2) is 18.2 Å². The van der Waals surface area contributed by atoms with Crippen LogP contribution in [0, 0.1) is 0 Å². The van der Waals surface area contributed by atoms with Crippen molar-refractivity contribution >= 4 is 5.97 Å². The highest BCUT2D eigenvalue weighted by molar-refractivity contribution is 5.72. The highest BCUT2D eigenvalue weighted by atomic mass is 16.5. The van der Waals surface area contributed by atoms with Gasteiger partial charge in [0.15, 0.2) is 11.5 Å². The van der Waals surface area contributed by atoms with E-state index in [0.29, 0.717) is 24.7 Å². The Morgan fingerprint density at radius 1 is 1.44 bits per heavy atom. The van der Waals surface area contributed by atoms with Crippen LogP contribution in [-0.2, 0) is 11.3 Å². The van der Waals surface area contributed by atoms with E-state index in [0.717, 1.165) is 5.56 Å². The molecular formula is C13H19NO4. The molecule has 100 valence electrons. The van der Waals surface area contributed by atoms with Crippen molar-refractivity contribution in [1.82, 2.24) is 5.32 Å². The second-order valence-electron chi connectivity index (χ2n) is 3.86. The standard InChI is InChI=1S/C13H19NO4/c1-4-18-11-6-5-10(7-12(11)17-3)8-14-9(2)13(15)16/h5-7,9,14H,4,8H2,1-3H3,(H,15,16)/t9-/m1/s1. The second-order valence-corrected chi connectivity index (χ2v) is 3.86. The van der Waals surface area contributed by atoms with Crippen molar-refractivity contribution in [2.75, 3.05) is 13.7 Å². The van der Waals surface area contributed by atoms with Gasteiger partial charge >= 0.3 is 5.97 Å². The van der Waals surface area contributed by atoms with E-state index in [1.165, 1.54) is 0 Å². The molecule has 0 spiro atoms. The third-order valence-electron chi connectivity index (χ3n) is 2.51. The lowest BCUT2D eigenvalue weighted by atomic mass is 10.2. The fraction of sp³-hybridized carbons (Fsp3) is 0.462. The topological polar surface area (TPSA) is 67.8 Å². The predicted octanol–water partition coefficient (Wildman–Crippen LogP) is 1.66. The summed E-state index contributed by atoms with van der Waals surface area (Å²) >= 11 is 0. The van der Waals surface area contributed by atoms with Crippen molar-refractivity contribution in [3.63, 3.8) is 0 Å². The first-order chi connectivity index (χ1) is 8.58. The quantitative estimate of drug-likeness (QED) is 0.773. The molecule has 1 aromatic rings. The molecule has 0 aliphatic heterocycles. The number of carbonyl (C=O) groups is 1. The van der Waals surface area contributed by atoms with Gasteiger partial charge in [0.1, 0.15) is 6.04 Å². The Morgan fingerprint density at radius 2 is 2.17 bits per heavy atom. The van der Waals surface area contributed by atoms with Crippen molar-refractivity contribution in [3.8, 4) is 11.5 Å².